The first-order valence-corrected chi connectivity index (χ1v) is 11.4. The summed E-state index contributed by atoms with van der Waals surface area (Å²) < 4.78 is 6.23. The molecule has 5 heteroatoms. The number of hydrogen-bond acceptors (Lipinski definition) is 4. The molecule has 1 saturated heterocycles. The van der Waals surface area contributed by atoms with Crippen LogP contribution in [0.3, 0.4) is 0 Å². The molecule has 2 atom stereocenters. The van der Waals surface area contributed by atoms with Crippen molar-refractivity contribution in [2.24, 2.45) is 17.6 Å². The normalized spacial score (nSPS) is 31.7. The van der Waals surface area contributed by atoms with Crippen molar-refractivity contribution in [3.05, 3.63) is 35.4 Å². The molecule has 1 amide bonds. The highest BCUT2D eigenvalue weighted by Crippen LogP contribution is 2.53. The van der Waals surface area contributed by atoms with Crippen molar-refractivity contribution >= 4 is 5.91 Å². The number of nitrogens with zero attached hydrogens (tertiary/aromatic N) is 1. The molecule has 3 N–H and O–H groups in total. The monoisotopic (exact) mass is 400 g/mol. The van der Waals surface area contributed by atoms with Crippen LogP contribution in [-0.2, 0) is 10.3 Å². The van der Waals surface area contributed by atoms with E-state index in [-0.39, 0.29) is 11.5 Å². The average Bonchev–Trinajstić information content (AvgIpc) is 2.91. The van der Waals surface area contributed by atoms with Crippen molar-refractivity contribution in [2.45, 2.75) is 69.0 Å². The minimum absolute atomic E-state index is 0.316. The van der Waals surface area contributed by atoms with Crippen LogP contribution >= 0.6 is 0 Å². The third kappa shape index (κ3) is 3.97. The maximum Gasteiger partial charge on any atom is 0.248 e. The van der Waals surface area contributed by atoms with Gasteiger partial charge < -0.3 is 20.5 Å². The Labute approximate surface area is 174 Å². The number of hydrogen-bond donors (Lipinski definition) is 2. The van der Waals surface area contributed by atoms with E-state index in [2.05, 4.69) is 11.0 Å². The Bertz CT molecular complexity index is 715. The van der Waals surface area contributed by atoms with Gasteiger partial charge in [-0.15, -0.1) is 0 Å². The lowest BCUT2D eigenvalue weighted by molar-refractivity contribution is -0.119. The summed E-state index contributed by atoms with van der Waals surface area (Å²) in [5.74, 6) is 0.461. The number of primary amides is 1. The molecule has 0 radical (unpaired) electrons. The maximum absolute atomic E-state index is 11.7. The molecular weight excluding hydrogens is 364 g/mol. The summed E-state index contributed by atoms with van der Waals surface area (Å²) in [5, 5.41) is 10.8. The molecule has 29 heavy (non-hydrogen) atoms. The lowest BCUT2D eigenvalue weighted by Gasteiger charge is -2.47. The predicted octanol–water partition coefficient (Wildman–Crippen LogP) is 3.44. The second-order valence-electron chi connectivity index (χ2n) is 9.56. The van der Waals surface area contributed by atoms with Gasteiger partial charge in [0.05, 0.1) is 5.60 Å². The maximum atomic E-state index is 11.7. The van der Waals surface area contributed by atoms with Crippen LogP contribution in [0.5, 0.6) is 0 Å². The van der Waals surface area contributed by atoms with E-state index in [1.54, 1.807) is 6.07 Å². The molecule has 160 valence electrons. The van der Waals surface area contributed by atoms with Crippen LogP contribution in [0.25, 0.3) is 0 Å². The number of carbonyl (C=O) groups excluding carboxylic acids is 1. The minimum Gasteiger partial charge on any atom is -0.390 e. The Morgan fingerprint density at radius 3 is 2.52 bits per heavy atom. The van der Waals surface area contributed by atoms with Crippen LogP contribution in [0, 0.1) is 11.8 Å². The molecule has 2 unspecified atom stereocenters. The van der Waals surface area contributed by atoms with E-state index < -0.39 is 5.60 Å². The summed E-state index contributed by atoms with van der Waals surface area (Å²) in [6.07, 6.45) is 9.86. The Morgan fingerprint density at radius 2 is 1.90 bits per heavy atom. The lowest BCUT2D eigenvalue weighted by Crippen LogP contribution is -2.53. The number of rotatable bonds is 7. The van der Waals surface area contributed by atoms with Crippen molar-refractivity contribution in [1.29, 1.82) is 0 Å². The van der Waals surface area contributed by atoms with Crippen LogP contribution in [0.4, 0.5) is 0 Å². The number of fused-ring (bicyclic) bond motifs is 2. The first-order chi connectivity index (χ1) is 14.0. The van der Waals surface area contributed by atoms with Gasteiger partial charge in [0.2, 0.25) is 5.91 Å². The molecule has 5 nitrogen and oxygen atoms in total. The highest BCUT2D eigenvalue weighted by atomic mass is 16.5. The highest BCUT2D eigenvalue weighted by Gasteiger charge is 2.55. The van der Waals surface area contributed by atoms with Crippen molar-refractivity contribution in [1.82, 2.24) is 4.90 Å². The number of carbonyl (C=O) groups is 1. The molecule has 2 saturated carbocycles. The number of amides is 1. The van der Waals surface area contributed by atoms with Crippen molar-refractivity contribution in [2.75, 3.05) is 26.7 Å². The van der Waals surface area contributed by atoms with E-state index in [1.165, 1.54) is 19.3 Å². The number of methoxy groups -OCH3 is 1. The fourth-order valence-electron chi connectivity index (χ4n) is 6.43. The van der Waals surface area contributed by atoms with E-state index in [4.69, 9.17) is 10.5 Å². The topological polar surface area (TPSA) is 75.8 Å². The molecule has 4 rings (SSSR count). The number of piperidine rings is 1. The molecule has 0 spiro atoms. The number of nitrogens with two attached hydrogens (primary N) is 1. The molecule has 1 aromatic rings. The second kappa shape index (κ2) is 8.37. The van der Waals surface area contributed by atoms with Gasteiger partial charge in [0.25, 0.3) is 0 Å². The largest absolute Gasteiger partial charge is 0.390 e. The second-order valence-corrected chi connectivity index (χ2v) is 9.56. The quantitative estimate of drug-likeness (QED) is 0.735. The summed E-state index contributed by atoms with van der Waals surface area (Å²) in [7, 11) is 1.82. The van der Waals surface area contributed by atoms with Gasteiger partial charge in [-0.05, 0) is 62.8 Å². The number of benzene rings is 1. The van der Waals surface area contributed by atoms with Crippen LogP contribution in [0.15, 0.2) is 24.3 Å². The molecule has 2 bridgehead atoms. The Kier molecular flexibility index (Phi) is 6.01. The minimum atomic E-state index is -0.418. The summed E-state index contributed by atoms with van der Waals surface area (Å²) >= 11 is 0. The van der Waals surface area contributed by atoms with Gasteiger partial charge in [-0.25, -0.2) is 0 Å². The zero-order chi connectivity index (χ0) is 20.5. The molecular formula is C24H36N2O3. The average molecular weight is 401 g/mol. The molecule has 3 fully saturated rings. The Morgan fingerprint density at radius 1 is 1.21 bits per heavy atom. The first-order valence-electron chi connectivity index (χ1n) is 11.4. The standard InChI is InChI=1S/C24H36N2O3/c1-29-24(19-8-5-7-18(15-19)22(25)27)20-9-10-21(24)17-26(16-20)14-6-13-23(28)11-3-2-4-12-23/h5,7-8,15,20-21,28H,2-4,6,9-14,16-17H2,1H3,(H2,25,27). The van der Waals surface area contributed by atoms with Gasteiger partial charge in [0.1, 0.15) is 5.60 Å². The third-order valence-corrected chi connectivity index (χ3v) is 7.87. The van der Waals surface area contributed by atoms with Gasteiger partial charge >= 0.3 is 0 Å². The smallest absolute Gasteiger partial charge is 0.248 e. The molecule has 1 aliphatic heterocycles. The Balaban J connectivity index is 1.42. The lowest BCUT2D eigenvalue weighted by atomic mass is 9.74. The SMILES string of the molecule is COC1(c2cccc(C(N)=O)c2)C2CCC1CN(CCCC1(O)CCCCC1)C2. The van der Waals surface area contributed by atoms with E-state index in [0.29, 0.717) is 17.4 Å². The van der Waals surface area contributed by atoms with E-state index in [1.807, 2.05) is 19.2 Å². The summed E-state index contributed by atoms with van der Waals surface area (Å²) in [6, 6.07) is 7.73. The summed E-state index contributed by atoms with van der Waals surface area (Å²) in [4.78, 5) is 14.3. The fourth-order valence-corrected chi connectivity index (χ4v) is 6.43. The number of ether oxygens (including phenoxy) is 1. The first kappa shape index (κ1) is 20.8. The van der Waals surface area contributed by atoms with E-state index >= 15 is 0 Å². The molecule has 1 aromatic carbocycles. The molecule has 1 heterocycles. The number of aliphatic hydroxyl groups is 1. The fraction of sp³-hybridized carbons (Fsp3) is 0.708. The van der Waals surface area contributed by atoms with Gasteiger partial charge in [-0.1, -0.05) is 31.4 Å². The van der Waals surface area contributed by atoms with Gasteiger partial charge in [-0.2, -0.15) is 0 Å². The molecule has 2 aliphatic carbocycles. The van der Waals surface area contributed by atoms with E-state index in [9.17, 15) is 9.90 Å². The van der Waals surface area contributed by atoms with Crippen LogP contribution in [-0.4, -0.2) is 48.3 Å². The van der Waals surface area contributed by atoms with Crippen LogP contribution < -0.4 is 5.73 Å². The van der Waals surface area contributed by atoms with Gasteiger partial charge in [0, 0.05) is 37.6 Å². The van der Waals surface area contributed by atoms with Gasteiger partial charge in [0.15, 0.2) is 0 Å². The molecule has 3 aliphatic rings. The third-order valence-electron chi connectivity index (χ3n) is 7.87. The number of likely N-dealkylation sites (tertiary alicyclic amines) is 1. The van der Waals surface area contributed by atoms with Crippen LogP contribution in [0.1, 0.15) is 73.7 Å². The zero-order valence-corrected chi connectivity index (χ0v) is 17.7. The Hall–Kier alpha value is -1.43. The van der Waals surface area contributed by atoms with E-state index in [0.717, 1.165) is 63.7 Å². The summed E-state index contributed by atoms with van der Waals surface area (Å²) in [6.45, 7) is 3.09. The summed E-state index contributed by atoms with van der Waals surface area (Å²) in [5.41, 5.74) is 6.44. The zero-order valence-electron chi connectivity index (χ0n) is 17.7. The molecule has 0 aromatic heterocycles. The van der Waals surface area contributed by atoms with Crippen molar-refractivity contribution < 1.29 is 14.6 Å². The van der Waals surface area contributed by atoms with Gasteiger partial charge in [-0.3, -0.25) is 4.79 Å². The van der Waals surface area contributed by atoms with Crippen LogP contribution in [0.2, 0.25) is 0 Å². The van der Waals surface area contributed by atoms with Crippen molar-refractivity contribution in [3.63, 3.8) is 0 Å². The van der Waals surface area contributed by atoms with Crippen molar-refractivity contribution in [3.8, 4) is 0 Å². The highest BCUT2D eigenvalue weighted by molar-refractivity contribution is 5.92. The predicted molar refractivity (Wildman–Crippen MR) is 114 cm³/mol.